The fourth-order valence-corrected chi connectivity index (χ4v) is 3.91. The van der Waals surface area contributed by atoms with E-state index in [1.54, 1.807) is 11.0 Å². The third-order valence-electron chi connectivity index (χ3n) is 5.81. The summed E-state index contributed by atoms with van der Waals surface area (Å²) >= 11 is 0. The Morgan fingerprint density at radius 3 is 2.29 bits per heavy atom. The Kier molecular flexibility index (Phi) is 6.88. The summed E-state index contributed by atoms with van der Waals surface area (Å²) in [5, 5.41) is 31.5. The summed E-state index contributed by atoms with van der Waals surface area (Å²) in [7, 11) is 0. The minimum absolute atomic E-state index is 0.00941. The Balaban J connectivity index is 1.61. The van der Waals surface area contributed by atoms with Crippen molar-refractivity contribution in [2.45, 2.75) is 24.6 Å². The largest absolute Gasteiger partial charge is 0.504 e. The Bertz CT molecular complexity index is 1330. The summed E-state index contributed by atoms with van der Waals surface area (Å²) in [6.07, 6.45) is -10.7. The lowest BCUT2D eigenvalue weighted by Gasteiger charge is -2.32. The van der Waals surface area contributed by atoms with Crippen LogP contribution in [-0.4, -0.2) is 51.7 Å². The molecular formula is C24H19F6N3O5. The lowest BCUT2D eigenvalue weighted by Crippen LogP contribution is -2.53. The molecule has 2 heterocycles. The Hall–Kier alpha value is -4.04. The first-order valence-electron chi connectivity index (χ1n) is 10.9. The van der Waals surface area contributed by atoms with Gasteiger partial charge in [-0.2, -0.15) is 26.3 Å². The number of nitrogens with zero attached hydrogens (tertiary/aromatic N) is 2. The molecule has 0 atom stereocenters. The van der Waals surface area contributed by atoms with E-state index >= 15 is 0 Å². The lowest BCUT2D eigenvalue weighted by molar-refractivity contribution is -0.376. The average Bonchev–Trinajstić information content (AvgIpc) is 2.86. The van der Waals surface area contributed by atoms with Gasteiger partial charge >= 0.3 is 12.4 Å². The van der Waals surface area contributed by atoms with E-state index in [0.717, 1.165) is 12.1 Å². The average molecular weight is 543 g/mol. The van der Waals surface area contributed by atoms with Crippen LogP contribution >= 0.6 is 0 Å². The zero-order chi connectivity index (χ0) is 27.9. The zero-order valence-electron chi connectivity index (χ0n) is 19.1. The number of fused-ring (bicyclic) bond motifs is 1. The number of aliphatic hydroxyl groups excluding tert-OH is 1. The van der Waals surface area contributed by atoms with Gasteiger partial charge in [0.1, 0.15) is 6.61 Å². The molecule has 1 aliphatic heterocycles. The number of nitrogens with one attached hydrogen (secondary N) is 1. The number of carbonyl (C=O) groups excluding carboxylic acids is 1. The van der Waals surface area contributed by atoms with Crippen LogP contribution in [0.25, 0.3) is 0 Å². The number of rotatable bonds is 5. The normalized spacial score (nSPS) is 14.1. The minimum Gasteiger partial charge on any atom is -0.504 e. The predicted octanol–water partition coefficient (Wildman–Crippen LogP) is 4.37. The Labute approximate surface area is 210 Å². The molecule has 0 saturated carbocycles. The third kappa shape index (κ3) is 4.67. The van der Waals surface area contributed by atoms with Gasteiger partial charge in [-0.3, -0.25) is 4.79 Å². The van der Waals surface area contributed by atoms with Crippen molar-refractivity contribution in [1.82, 2.24) is 4.98 Å². The molecule has 0 spiro atoms. The van der Waals surface area contributed by atoms with Crippen molar-refractivity contribution >= 4 is 23.1 Å². The second kappa shape index (κ2) is 9.68. The fraction of sp³-hybridized carbons (Fsp3) is 0.250. The van der Waals surface area contributed by atoms with E-state index in [9.17, 15) is 46.5 Å². The van der Waals surface area contributed by atoms with Gasteiger partial charge in [0.2, 0.25) is 0 Å². The molecule has 4 N–H and O–H groups in total. The number of ether oxygens (including phenoxy) is 1. The number of aliphatic hydroxyl groups is 2. The molecule has 202 valence electrons. The number of hydrogen-bond acceptors (Lipinski definition) is 7. The highest BCUT2D eigenvalue weighted by atomic mass is 19.4. The van der Waals surface area contributed by atoms with Gasteiger partial charge < -0.3 is 30.3 Å². The number of amides is 1. The van der Waals surface area contributed by atoms with Crippen molar-refractivity contribution in [3.8, 4) is 11.5 Å². The highest BCUT2D eigenvalue weighted by Gasteiger charge is 2.71. The highest BCUT2D eigenvalue weighted by molar-refractivity contribution is 6.07. The quantitative estimate of drug-likeness (QED) is 0.353. The molecule has 14 heteroatoms. The summed E-state index contributed by atoms with van der Waals surface area (Å²) in [6, 6.07) is 8.24. The molecule has 0 bridgehead atoms. The molecule has 4 rings (SSSR count). The first-order valence-corrected chi connectivity index (χ1v) is 10.9. The van der Waals surface area contributed by atoms with Gasteiger partial charge in [0.15, 0.2) is 17.3 Å². The summed E-state index contributed by atoms with van der Waals surface area (Å²) < 4.78 is 84.3. The summed E-state index contributed by atoms with van der Waals surface area (Å²) in [5.41, 5.74) is -5.97. The van der Waals surface area contributed by atoms with Crippen molar-refractivity contribution in [3.05, 3.63) is 71.4 Å². The molecule has 1 aromatic heterocycles. The van der Waals surface area contributed by atoms with Crippen LogP contribution in [-0.2, 0) is 12.2 Å². The topological polar surface area (TPSA) is 115 Å². The van der Waals surface area contributed by atoms with E-state index in [1.807, 2.05) is 0 Å². The number of hydrogen-bond donors (Lipinski definition) is 4. The fourth-order valence-electron chi connectivity index (χ4n) is 3.91. The Morgan fingerprint density at radius 2 is 1.71 bits per heavy atom. The number of para-hydroxylation sites is 1. The molecule has 1 amide bonds. The van der Waals surface area contributed by atoms with Gasteiger partial charge in [0.25, 0.3) is 11.5 Å². The Morgan fingerprint density at radius 1 is 1.05 bits per heavy atom. The molecule has 0 fully saturated rings. The van der Waals surface area contributed by atoms with Crippen LogP contribution in [0.5, 0.6) is 11.5 Å². The molecule has 1 aliphatic rings. The minimum atomic E-state index is -6.04. The van der Waals surface area contributed by atoms with E-state index in [1.165, 1.54) is 24.4 Å². The summed E-state index contributed by atoms with van der Waals surface area (Å²) in [6.45, 7) is -0.000246. The predicted molar refractivity (Wildman–Crippen MR) is 121 cm³/mol. The van der Waals surface area contributed by atoms with Crippen molar-refractivity contribution in [2.75, 3.05) is 23.4 Å². The van der Waals surface area contributed by atoms with Crippen molar-refractivity contribution in [2.24, 2.45) is 0 Å². The van der Waals surface area contributed by atoms with Crippen molar-refractivity contribution in [3.63, 3.8) is 0 Å². The van der Waals surface area contributed by atoms with Crippen molar-refractivity contribution < 1.29 is 51.2 Å². The molecular weight excluding hydrogens is 524 g/mol. The smallest absolute Gasteiger partial charge is 0.430 e. The molecule has 0 radical (unpaired) electrons. The van der Waals surface area contributed by atoms with E-state index in [0.29, 0.717) is 23.4 Å². The molecule has 38 heavy (non-hydrogen) atoms. The number of alkyl halides is 6. The number of aromatic hydroxyl groups is 1. The van der Waals surface area contributed by atoms with Crippen molar-refractivity contribution in [1.29, 1.82) is 0 Å². The van der Waals surface area contributed by atoms with Gasteiger partial charge in [-0.25, -0.2) is 4.98 Å². The van der Waals surface area contributed by atoms with Crippen LogP contribution in [0.15, 0.2) is 54.7 Å². The molecule has 2 aromatic carbocycles. The van der Waals surface area contributed by atoms with E-state index in [2.05, 4.69) is 10.3 Å². The summed E-state index contributed by atoms with van der Waals surface area (Å²) in [5.74, 6) is -0.770. The van der Waals surface area contributed by atoms with E-state index in [4.69, 9.17) is 4.74 Å². The summed E-state index contributed by atoms with van der Waals surface area (Å²) in [4.78, 5) is 18.7. The monoisotopic (exact) mass is 543 g/mol. The first-order chi connectivity index (χ1) is 17.8. The van der Waals surface area contributed by atoms with Gasteiger partial charge in [-0.05, 0) is 35.9 Å². The SMILES string of the molecule is O=C(Nc1ccc(C(O)(C(F)(F)F)C(F)(F)F)cc1)c1cccc2c1OCCN2c1ncc(CO)cc1O. The van der Waals surface area contributed by atoms with Crippen LogP contribution in [0.3, 0.4) is 0 Å². The van der Waals surface area contributed by atoms with E-state index < -0.39 is 29.4 Å². The molecule has 0 saturated heterocycles. The molecule has 3 aromatic rings. The van der Waals surface area contributed by atoms with E-state index in [-0.39, 0.29) is 48.3 Å². The lowest BCUT2D eigenvalue weighted by atomic mass is 9.92. The molecule has 0 aliphatic carbocycles. The third-order valence-corrected chi connectivity index (χ3v) is 5.81. The number of carbonyl (C=O) groups is 1. The van der Waals surface area contributed by atoms with Crippen LogP contribution in [0.4, 0.5) is 43.5 Å². The van der Waals surface area contributed by atoms with Crippen LogP contribution in [0.1, 0.15) is 21.5 Å². The van der Waals surface area contributed by atoms with Gasteiger partial charge in [0.05, 0.1) is 24.4 Å². The zero-order valence-corrected chi connectivity index (χ0v) is 19.1. The second-order valence-electron chi connectivity index (χ2n) is 8.24. The highest BCUT2D eigenvalue weighted by Crippen LogP contribution is 2.50. The van der Waals surface area contributed by atoms with Crippen LogP contribution in [0.2, 0.25) is 0 Å². The maximum atomic E-state index is 13.1. The number of anilines is 3. The second-order valence-corrected chi connectivity index (χ2v) is 8.24. The number of pyridine rings is 1. The number of halogens is 6. The standard InChI is InChI=1S/C24H19F6N3O5/c25-23(26,27)22(37,24(28,29)30)14-4-6-15(7-5-14)32-21(36)16-2-1-3-17-19(16)38-9-8-33(17)20-18(35)10-13(12-34)11-31-20/h1-7,10-11,34-35,37H,8-9,12H2,(H,32,36). The number of benzene rings is 2. The molecule has 0 unspecified atom stereocenters. The maximum absolute atomic E-state index is 13.1. The first kappa shape index (κ1) is 27.0. The van der Waals surface area contributed by atoms with Gasteiger partial charge in [-0.15, -0.1) is 0 Å². The molecule has 8 nitrogen and oxygen atoms in total. The number of aromatic nitrogens is 1. The van der Waals surface area contributed by atoms with Gasteiger partial charge in [0, 0.05) is 17.4 Å². The van der Waals surface area contributed by atoms with Gasteiger partial charge in [-0.1, -0.05) is 18.2 Å². The van der Waals surface area contributed by atoms with Crippen LogP contribution < -0.4 is 15.0 Å². The maximum Gasteiger partial charge on any atom is 0.430 e. The van der Waals surface area contributed by atoms with Crippen LogP contribution in [0, 0.1) is 0 Å².